The van der Waals surface area contributed by atoms with E-state index < -0.39 is 0 Å². The van der Waals surface area contributed by atoms with Crippen molar-refractivity contribution in [3.8, 4) is 0 Å². The van der Waals surface area contributed by atoms with E-state index in [0.29, 0.717) is 5.57 Å². The highest BCUT2D eigenvalue weighted by molar-refractivity contribution is 6.08. The van der Waals surface area contributed by atoms with Crippen LogP contribution in [-0.4, -0.2) is 23.7 Å². The molecule has 17 heavy (non-hydrogen) atoms. The molecule has 2 aliphatic carbocycles. The number of primary amides is 1. The molecular weight excluding hydrogens is 216 g/mol. The molecule has 1 amide bonds. The highest BCUT2D eigenvalue weighted by atomic mass is 16.1. The van der Waals surface area contributed by atoms with Crippen molar-refractivity contribution in [2.45, 2.75) is 12.8 Å². The third-order valence-corrected chi connectivity index (χ3v) is 3.80. The van der Waals surface area contributed by atoms with Gasteiger partial charge >= 0.3 is 0 Å². The third-order valence-electron chi connectivity index (χ3n) is 3.80. The van der Waals surface area contributed by atoms with Gasteiger partial charge in [0.15, 0.2) is 0 Å². The van der Waals surface area contributed by atoms with Crippen LogP contribution in [0.1, 0.15) is 12.8 Å². The van der Waals surface area contributed by atoms with E-state index in [1.165, 1.54) is 0 Å². The molecule has 3 N–H and O–H groups in total. The summed E-state index contributed by atoms with van der Waals surface area (Å²) in [4.78, 5) is 15.8. The van der Waals surface area contributed by atoms with E-state index in [-0.39, 0.29) is 11.3 Å². The number of hydrazine groups is 1. The highest BCUT2D eigenvalue weighted by Gasteiger charge is 2.54. The van der Waals surface area contributed by atoms with Gasteiger partial charge in [0.25, 0.3) is 0 Å². The molecule has 0 saturated heterocycles. The summed E-state index contributed by atoms with van der Waals surface area (Å²) in [5.74, 6) is 0.563. The molecule has 0 unspecified atom stereocenters. The van der Waals surface area contributed by atoms with E-state index in [1.54, 1.807) is 6.21 Å². The van der Waals surface area contributed by atoms with Gasteiger partial charge in [-0.1, -0.05) is 6.08 Å². The summed E-state index contributed by atoms with van der Waals surface area (Å²) >= 11 is 0. The van der Waals surface area contributed by atoms with Crippen molar-refractivity contribution >= 4 is 12.1 Å². The van der Waals surface area contributed by atoms with Gasteiger partial charge in [-0.15, -0.1) is 0 Å². The van der Waals surface area contributed by atoms with E-state index in [9.17, 15) is 4.79 Å². The van der Waals surface area contributed by atoms with Crippen molar-refractivity contribution in [1.29, 1.82) is 0 Å². The summed E-state index contributed by atoms with van der Waals surface area (Å²) in [6.45, 7) is 0.783. The Balaban J connectivity index is 1.90. The van der Waals surface area contributed by atoms with Crippen molar-refractivity contribution in [3.05, 3.63) is 34.8 Å². The Hall–Kier alpha value is -1.88. The fourth-order valence-electron chi connectivity index (χ4n) is 2.85. The van der Waals surface area contributed by atoms with E-state index in [4.69, 9.17) is 5.73 Å². The van der Waals surface area contributed by atoms with Gasteiger partial charge in [0.1, 0.15) is 5.82 Å². The van der Waals surface area contributed by atoms with E-state index in [1.807, 2.05) is 17.2 Å². The van der Waals surface area contributed by atoms with Crippen LogP contribution in [-0.2, 0) is 4.79 Å². The monoisotopic (exact) mass is 228 g/mol. The number of nitrogens with two attached hydrogens (primary N) is 1. The maximum Gasteiger partial charge on any atom is 0.249 e. The van der Waals surface area contributed by atoms with Crippen LogP contribution in [0, 0.1) is 5.41 Å². The molecule has 2 heterocycles. The zero-order valence-corrected chi connectivity index (χ0v) is 9.23. The lowest BCUT2D eigenvalue weighted by Gasteiger charge is -2.29. The summed E-state index contributed by atoms with van der Waals surface area (Å²) in [5.41, 5.74) is 11.4. The maximum atomic E-state index is 11.5. The molecule has 5 heteroatoms. The van der Waals surface area contributed by atoms with Gasteiger partial charge in [-0.3, -0.25) is 9.80 Å². The second-order valence-electron chi connectivity index (χ2n) is 4.86. The van der Waals surface area contributed by atoms with Crippen LogP contribution >= 0.6 is 0 Å². The van der Waals surface area contributed by atoms with Gasteiger partial charge < -0.3 is 5.73 Å². The number of hydrogen-bond acceptors (Lipinski definition) is 4. The van der Waals surface area contributed by atoms with Crippen LogP contribution in [0.5, 0.6) is 0 Å². The lowest BCUT2D eigenvalue weighted by molar-refractivity contribution is -0.114. The molecule has 0 aromatic heterocycles. The fraction of sp³-hybridized carbons (Fsp3) is 0.333. The number of fused-ring (bicyclic) bond motifs is 3. The van der Waals surface area contributed by atoms with Crippen LogP contribution in [0.15, 0.2) is 39.8 Å². The maximum absolute atomic E-state index is 11.5. The zero-order chi connectivity index (χ0) is 11.6. The SMILES string of the molecule is NC(=O)C1=CC2(CC2)C2=C1C=NC1=CCNN12. The first-order valence-corrected chi connectivity index (χ1v) is 5.77. The summed E-state index contributed by atoms with van der Waals surface area (Å²) in [6, 6.07) is 0. The van der Waals surface area contributed by atoms with Crippen LogP contribution in [0.3, 0.4) is 0 Å². The van der Waals surface area contributed by atoms with Crippen molar-refractivity contribution in [1.82, 2.24) is 10.4 Å². The van der Waals surface area contributed by atoms with Crippen LogP contribution in [0.4, 0.5) is 0 Å². The quantitative estimate of drug-likeness (QED) is 0.673. The van der Waals surface area contributed by atoms with Gasteiger partial charge in [0.2, 0.25) is 5.91 Å². The summed E-state index contributed by atoms with van der Waals surface area (Å²) in [5, 5.41) is 2.01. The van der Waals surface area contributed by atoms with Crippen LogP contribution in [0.2, 0.25) is 0 Å². The lowest BCUT2D eigenvalue weighted by atomic mass is 10.0. The predicted molar refractivity (Wildman–Crippen MR) is 62.4 cm³/mol. The van der Waals surface area contributed by atoms with Gasteiger partial charge in [-0.05, 0) is 18.9 Å². The first-order valence-electron chi connectivity index (χ1n) is 5.77. The van der Waals surface area contributed by atoms with Crippen molar-refractivity contribution < 1.29 is 4.79 Å². The third kappa shape index (κ3) is 1.02. The topological polar surface area (TPSA) is 70.7 Å². The largest absolute Gasteiger partial charge is 0.366 e. The predicted octanol–water partition coefficient (Wildman–Crippen LogP) is 0.192. The molecular formula is C12H12N4O. The van der Waals surface area contributed by atoms with Gasteiger partial charge in [0, 0.05) is 29.3 Å². The van der Waals surface area contributed by atoms with Crippen LogP contribution in [0.25, 0.3) is 0 Å². The van der Waals surface area contributed by atoms with Crippen molar-refractivity contribution in [2.24, 2.45) is 16.1 Å². The molecule has 1 spiro atoms. The number of carbonyl (C=O) groups is 1. The van der Waals surface area contributed by atoms with Crippen molar-refractivity contribution in [2.75, 3.05) is 6.54 Å². The number of nitrogens with zero attached hydrogens (tertiary/aromatic N) is 2. The summed E-state index contributed by atoms with van der Waals surface area (Å²) in [6.07, 6.45) is 8.01. The van der Waals surface area contributed by atoms with E-state index in [0.717, 1.165) is 36.5 Å². The smallest absolute Gasteiger partial charge is 0.249 e. The number of nitrogens with one attached hydrogen (secondary N) is 1. The molecule has 0 aromatic carbocycles. The molecule has 5 nitrogen and oxygen atoms in total. The van der Waals surface area contributed by atoms with Crippen molar-refractivity contribution in [3.63, 3.8) is 0 Å². The number of rotatable bonds is 1. The minimum absolute atomic E-state index is 0.0303. The van der Waals surface area contributed by atoms with Gasteiger partial charge in [-0.2, -0.15) is 0 Å². The molecule has 86 valence electrons. The molecule has 1 fully saturated rings. The molecule has 0 radical (unpaired) electrons. The Morgan fingerprint density at radius 2 is 2.35 bits per heavy atom. The van der Waals surface area contributed by atoms with Gasteiger partial charge in [-0.25, -0.2) is 10.4 Å². The molecule has 0 bridgehead atoms. The number of aliphatic imine (C=N–C) groups is 1. The second kappa shape index (κ2) is 2.68. The second-order valence-corrected chi connectivity index (χ2v) is 4.86. The molecule has 0 aromatic rings. The first kappa shape index (κ1) is 9.18. The molecule has 1 saturated carbocycles. The minimum atomic E-state index is -0.362. The standard InChI is InChI=1S/C12H12N4O/c13-11(17)7-5-12(2-3-12)10-8(7)6-14-9-1-4-15-16(9)10/h1,5-6,15H,2-4H2,(H2,13,17). The highest BCUT2D eigenvalue weighted by Crippen LogP contribution is 2.60. The molecule has 0 atom stereocenters. The fourth-order valence-corrected chi connectivity index (χ4v) is 2.85. The Morgan fingerprint density at radius 3 is 3.06 bits per heavy atom. The first-order chi connectivity index (χ1) is 8.21. The van der Waals surface area contributed by atoms with E-state index >= 15 is 0 Å². The Bertz CT molecular complexity index is 563. The molecule has 4 rings (SSSR count). The molecule has 4 aliphatic rings. The zero-order valence-electron chi connectivity index (χ0n) is 9.23. The summed E-state index contributed by atoms with van der Waals surface area (Å²) in [7, 11) is 0. The Labute approximate surface area is 98.3 Å². The number of hydrogen-bond donors (Lipinski definition) is 2. The number of allylic oxidation sites excluding steroid dienone is 1. The van der Waals surface area contributed by atoms with Crippen LogP contribution < -0.4 is 11.2 Å². The van der Waals surface area contributed by atoms with E-state index in [2.05, 4.69) is 10.4 Å². The average molecular weight is 228 g/mol. The average Bonchev–Trinajstić information content (AvgIpc) is 2.78. The Morgan fingerprint density at radius 1 is 1.53 bits per heavy atom. The lowest BCUT2D eigenvalue weighted by Crippen LogP contribution is -2.36. The Kier molecular flexibility index (Phi) is 1.45. The number of amides is 1. The minimum Gasteiger partial charge on any atom is -0.366 e. The number of carbonyl (C=O) groups excluding carboxylic acids is 1. The normalized spacial score (nSPS) is 26.9. The van der Waals surface area contributed by atoms with Gasteiger partial charge in [0.05, 0.1) is 5.70 Å². The summed E-state index contributed by atoms with van der Waals surface area (Å²) < 4.78 is 0. The molecule has 2 aliphatic heterocycles.